The van der Waals surface area contributed by atoms with Crippen LogP contribution < -0.4 is 0 Å². The summed E-state index contributed by atoms with van der Waals surface area (Å²) in [5.74, 6) is -0.404. The number of hydrogen-bond donors (Lipinski definition) is 1. The zero-order valence-corrected chi connectivity index (χ0v) is 13.1. The Labute approximate surface area is 126 Å². The van der Waals surface area contributed by atoms with E-state index < -0.39 is 5.97 Å². The number of carboxylic acid groups (broad SMARTS) is 1. The van der Waals surface area contributed by atoms with Gasteiger partial charge in [-0.25, -0.2) is 4.79 Å². The summed E-state index contributed by atoms with van der Waals surface area (Å²) in [5, 5.41) is 8.96. The van der Waals surface area contributed by atoms with Crippen molar-refractivity contribution in [3.05, 3.63) is 0 Å². The number of carboxylic acids is 1. The standard InChI is InChI=1S/C15H27N3O3/c1-3-7-17(11-14(19)20)15(21)18-9-6-13-12(10-18)5-4-8-16(13)2/h12-13H,3-11H2,1-2H3,(H,19,20). The molecule has 2 rings (SSSR count). The molecule has 2 aliphatic rings. The predicted octanol–water partition coefficient (Wildman–Crippen LogP) is 1.32. The van der Waals surface area contributed by atoms with Crippen LogP contribution >= 0.6 is 0 Å². The first-order valence-electron chi connectivity index (χ1n) is 7.98. The minimum atomic E-state index is -0.941. The lowest BCUT2D eigenvalue weighted by atomic mass is 9.84. The van der Waals surface area contributed by atoms with E-state index in [4.69, 9.17) is 5.11 Å². The van der Waals surface area contributed by atoms with Crippen molar-refractivity contribution in [3.8, 4) is 0 Å². The van der Waals surface area contributed by atoms with Crippen LogP contribution in [0.15, 0.2) is 0 Å². The SMILES string of the molecule is CCCN(CC(=O)O)C(=O)N1CCC2C(CCCN2C)C1. The van der Waals surface area contributed by atoms with Crippen LogP contribution in [0.1, 0.15) is 32.6 Å². The number of rotatable bonds is 4. The smallest absolute Gasteiger partial charge is 0.323 e. The Morgan fingerprint density at radius 1 is 1.29 bits per heavy atom. The van der Waals surface area contributed by atoms with E-state index in [-0.39, 0.29) is 12.6 Å². The van der Waals surface area contributed by atoms with E-state index in [1.54, 1.807) is 0 Å². The van der Waals surface area contributed by atoms with Gasteiger partial charge in [0.2, 0.25) is 0 Å². The third-order valence-electron chi connectivity index (χ3n) is 4.71. The molecule has 2 amide bonds. The number of amides is 2. The fourth-order valence-electron chi connectivity index (χ4n) is 3.70. The first-order valence-corrected chi connectivity index (χ1v) is 7.98. The molecule has 2 fully saturated rings. The van der Waals surface area contributed by atoms with Gasteiger partial charge in [0.1, 0.15) is 6.54 Å². The second-order valence-electron chi connectivity index (χ2n) is 6.28. The minimum Gasteiger partial charge on any atom is -0.480 e. The number of likely N-dealkylation sites (tertiary alicyclic amines) is 2. The van der Waals surface area contributed by atoms with Crippen LogP contribution in [0.4, 0.5) is 4.79 Å². The highest BCUT2D eigenvalue weighted by Crippen LogP contribution is 2.29. The average Bonchev–Trinajstić information content (AvgIpc) is 2.45. The van der Waals surface area contributed by atoms with Gasteiger partial charge in [0.25, 0.3) is 0 Å². The van der Waals surface area contributed by atoms with Crippen molar-refractivity contribution in [3.63, 3.8) is 0 Å². The molecule has 2 atom stereocenters. The third-order valence-corrected chi connectivity index (χ3v) is 4.71. The highest BCUT2D eigenvalue weighted by Gasteiger charge is 2.36. The van der Waals surface area contributed by atoms with Crippen molar-refractivity contribution in [2.45, 2.75) is 38.6 Å². The second kappa shape index (κ2) is 7.11. The zero-order valence-electron chi connectivity index (χ0n) is 13.1. The molecule has 0 saturated carbocycles. The zero-order chi connectivity index (χ0) is 15.4. The van der Waals surface area contributed by atoms with Crippen LogP contribution in [0.5, 0.6) is 0 Å². The molecule has 2 unspecified atom stereocenters. The van der Waals surface area contributed by atoms with Crippen molar-refractivity contribution in [2.24, 2.45) is 5.92 Å². The summed E-state index contributed by atoms with van der Waals surface area (Å²) in [4.78, 5) is 29.2. The molecular weight excluding hydrogens is 270 g/mol. The summed E-state index contributed by atoms with van der Waals surface area (Å²) >= 11 is 0. The third kappa shape index (κ3) is 3.87. The molecule has 0 aliphatic carbocycles. The monoisotopic (exact) mass is 297 g/mol. The quantitative estimate of drug-likeness (QED) is 0.850. The Morgan fingerprint density at radius 2 is 2.05 bits per heavy atom. The molecule has 0 spiro atoms. The van der Waals surface area contributed by atoms with Crippen LogP contribution in [-0.2, 0) is 4.79 Å². The number of carbonyl (C=O) groups excluding carboxylic acids is 1. The molecule has 2 aliphatic heterocycles. The molecule has 0 aromatic rings. The van der Waals surface area contributed by atoms with E-state index in [1.165, 1.54) is 17.7 Å². The first-order chi connectivity index (χ1) is 10.0. The van der Waals surface area contributed by atoms with Gasteiger partial charge < -0.3 is 19.8 Å². The molecule has 120 valence electrons. The number of aliphatic carboxylic acids is 1. The van der Waals surface area contributed by atoms with Gasteiger partial charge in [-0.05, 0) is 45.2 Å². The molecule has 0 radical (unpaired) electrons. The van der Waals surface area contributed by atoms with Crippen molar-refractivity contribution in [1.29, 1.82) is 0 Å². The molecule has 1 N–H and O–H groups in total. The summed E-state index contributed by atoms with van der Waals surface area (Å²) in [7, 11) is 2.17. The van der Waals surface area contributed by atoms with Gasteiger partial charge in [0, 0.05) is 25.7 Å². The lowest BCUT2D eigenvalue weighted by molar-refractivity contribution is -0.137. The number of nitrogens with zero attached hydrogens (tertiary/aromatic N) is 3. The predicted molar refractivity (Wildman–Crippen MR) is 80.2 cm³/mol. The maximum atomic E-state index is 12.6. The fraction of sp³-hybridized carbons (Fsp3) is 0.867. The highest BCUT2D eigenvalue weighted by molar-refractivity contribution is 5.80. The molecule has 0 aromatic carbocycles. The molecule has 6 nitrogen and oxygen atoms in total. The van der Waals surface area contributed by atoms with Crippen LogP contribution in [0, 0.1) is 5.92 Å². The van der Waals surface area contributed by atoms with Gasteiger partial charge in [-0.15, -0.1) is 0 Å². The number of hydrogen-bond acceptors (Lipinski definition) is 3. The normalized spacial score (nSPS) is 26.3. The van der Waals surface area contributed by atoms with E-state index in [0.29, 0.717) is 18.5 Å². The van der Waals surface area contributed by atoms with Crippen LogP contribution in [0.3, 0.4) is 0 Å². The first kappa shape index (κ1) is 16.1. The van der Waals surface area contributed by atoms with Gasteiger partial charge in [-0.1, -0.05) is 6.92 Å². The van der Waals surface area contributed by atoms with E-state index in [9.17, 15) is 9.59 Å². The lowest BCUT2D eigenvalue weighted by Crippen LogP contribution is -2.56. The molecule has 21 heavy (non-hydrogen) atoms. The number of fused-ring (bicyclic) bond motifs is 1. The van der Waals surface area contributed by atoms with Gasteiger partial charge in [0.05, 0.1) is 0 Å². The number of carbonyl (C=O) groups is 2. The number of urea groups is 1. The van der Waals surface area contributed by atoms with Crippen LogP contribution in [0.2, 0.25) is 0 Å². The Kier molecular flexibility index (Phi) is 5.45. The van der Waals surface area contributed by atoms with Gasteiger partial charge >= 0.3 is 12.0 Å². The fourth-order valence-corrected chi connectivity index (χ4v) is 3.70. The van der Waals surface area contributed by atoms with Gasteiger partial charge in [0.15, 0.2) is 0 Å². The molecule has 0 aromatic heterocycles. The number of piperidine rings is 2. The summed E-state index contributed by atoms with van der Waals surface area (Å²) in [6, 6.07) is 0.479. The lowest BCUT2D eigenvalue weighted by Gasteiger charge is -2.46. The van der Waals surface area contributed by atoms with E-state index in [1.807, 2.05) is 11.8 Å². The van der Waals surface area contributed by atoms with Crippen molar-refractivity contribution >= 4 is 12.0 Å². The van der Waals surface area contributed by atoms with Gasteiger partial charge in [-0.3, -0.25) is 4.79 Å². The Bertz CT molecular complexity index is 388. The Hall–Kier alpha value is -1.30. The van der Waals surface area contributed by atoms with Crippen molar-refractivity contribution < 1.29 is 14.7 Å². The van der Waals surface area contributed by atoms with Gasteiger partial charge in [-0.2, -0.15) is 0 Å². The average molecular weight is 297 g/mol. The van der Waals surface area contributed by atoms with Crippen molar-refractivity contribution in [2.75, 3.05) is 39.8 Å². The molecule has 2 heterocycles. The Balaban J connectivity index is 1.97. The van der Waals surface area contributed by atoms with Crippen LogP contribution in [-0.4, -0.2) is 77.6 Å². The van der Waals surface area contributed by atoms with E-state index in [0.717, 1.165) is 32.5 Å². The summed E-state index contributed by atoms with van der Waals surface area (Å²) < 4.78 is 0. The maximum absolute atomic E-state index is 12.6. The topological polar surface area (TPSA) is 64.1 Å². The summed E-state index contributed by atoms with van der Waals surface area (Å²) in [6.07, 6.45) is 4.14. The Morgan fingerprint density at radius 3 is 2.71 bits per heavy atom. The van der Waals surface area contributed by atoms with E-state index >= 15 is 0 Å². The molecule has 6 heteroatoms. The summed E-state index contributed by atoms with van der Waals surface area (Å²) in [6.45, 7) is 4.94. The highest BCUT2D eigenvalue weighted by atomic mass is 16.4. The maximum Gasteiger partial charge on any atom is 0.323 e. The molecule has 0 bridgehead atoms. The van der Waals surface area contributed by atoms with Crippen molar-refractivity contribution in [1.82, 2.24) is 14.7 Å². The largest absolute Gasteiger partial charge is 0.480 e. The molecule has 2 saturated heterocycles. The second-order valence-corrected chi connectivity index (χ2v) is 6.28. The molecular formula is C15H27N3O3. The van der Waals surface area contributed by atoms with E-state index in [2.05, 4.69) is 11.9 Å². The minimum absolute atomic E-state index is 0.106. The van der Waals surface area contributed by atoms with Crippen LogP contribution in [0.25, 0.3) is 0 Å². The summed E-state index contributed by atoms with van der Waals surface area (Å²) in [5.41, 5.74) is 0.